The van der Waals surface area contributed by atoms with Gasteiger partial charge >= 0.3 is 6.09 Å². The van der Waals surface area contributed by atoms with Gasteiger partial charge in [0.25, 0.3) is 0 Å². The number of carbonyl (C=O) groups excluding carboxylic acids is 1. The van der Waals surface area contributed by atoms with E-state index in [2.05, 4.69) is 20.6 Å². The van der Waals surface area contributed by atoms with Crippen molar-refractivity contribution in [2.24, 2.45) is 4.99 Å². The first kappa shape index (κ1) is 17.5. The second kappa shape index (κ2) is 8.14. The minimum absolute atomic E-state index is 0.248. The van der Waals surface area contributed by atoms with E-state index in [4.69, 9.17) is 4.74 Å². The Balaban J connectivity index is 1.80. The molecule has 0 aromatic carbocycles. The van der Waals surface area contributed by atoms with Crippen molar-refractivity contribution in [3.8, 4) is 0 Å². The molecule has 0 spiro atoms. The topological polar surface area (TPSA) is 78.9 Å². The van der Waals surface area contributed by atoms with Crippen LogP contribution in [-0.4, -0.2) is 55.2 Å². The van der Waals surface area contributed by atoms with Gasteiger partial charge < -0.3 is 20.3 Å². The summed E-state index contributed by atoms with van der Waals surface area (Å²) in [7, 11) is 3.19. The highest BCUT2D eigenvalue weighted by molar-refractivity contribution is 7.11. The monoisotopic (exact) mass is 339 g/mol. The Hall–Kier alpha value is -1.83. The summed E-state index contributed by atoms with van der Waals surface area (Å²) in [5.74, 6) is 0.784. The van der Waals surface area contributed by atoms with Gasteiger partial charge in [-0.05, 0) is 26.7 Å². The second-order valence-electron chi connectivity index (χ2n) is 5.54. The van der Waals surface area contributed by atoms with E-state index in [1.54, 1.807) is 23.3 Å². The molecule has 1 aliphatic rings. The van der Waals surface area contributed by atoms with Crippen LogP contribution < -0.4 is 10.6 Å². The number of ether oxygens (including phenoxy) is 1. The summed E-state index contributed by atoms with van der Waals surface area (Å²) in [6.45, 7) is 6.17. The molecule has 0 radical (unpaired) electrons. The van der Waals surface area contributed by atoms with E-state index in [1.807, 2.05) is 13.8 Å². The molecule has 7 nitrogen and oxygen atoms in total. The number of rotatable bonds is 3. The van der Waals surface area contributed by atoms with Crippen LogP contribution in [0.15, 0.2) is 4.99 Å². The highest BCUT2D eigenvalue weighted by atomic mass is 32.1. The first-order valence-electron chi connectivity index (χ1n) is 7.76. The average molecular weight is 339 g/mol. The Morgan fingerprint density at radius 1 is 1.43 bits per heavy atom. The van der Waals surface area contributed by atoms with Crippen LogP contribution in [0.4, 0.5) is 4.79 Å². The van der Waals surface area contributed by atoms with Crippen molar-refractivity contribution in [3.63, 3.8) is 0 Å². The molecule has 1 amide bonds. The molecule has 1 fully saturated rings. The number of guanidine groups is 1. The van der Waals surface area contributed by atoms with Gasteiger partial charge in [-0.2, -0.15) is 0 Å². The van der Waals surface area contributed by atoms with Crippen molar-refractivity contribution >= 4 is 23.4 Å². The number of aryl methyl sites for hydroxylation is 2. The summed E-state index contributed by atoms with van der Waals surface area (Å²) in [6, 6.07) is 0.311. The zero-order chi connectivity index (χ0) is 16.8. The van der Waals surface area contributed by atoms with Gasteiger partial charge in [-0.1, -0.05) is 0 Å². The second-order valence-corrected chi connectivity index (χ2v) is 6.83. The van der Waals surface area contributed by atoms with Crippen LogP contribution in [0.3, 0.4) is 0 Å². The largest absolute Gasteiger partial charge is 0.453 e. The summed E-state index contributed by atoms with van der Waals surface area (Å²) in [5, 5.41) is 7.84. The van der Waals surface area contributed by atoms with Gasteiger partial charge in [-0.25, -0.2) is 9.78 Å². The first-order valence-corrected chi connectivity index (χ1v) is 8.58. The fourth-order valence-electron chi connectivity index (χ4n) is 2.62. The molecule has 1 aromatic heterocycles. The molecule has 23 heavy (non-hydrogen) atoms. The SMILES string of the molecule is CN=C(NCc1sc(C)nc1C)NC1CCN(C(=O)OC)CC1. The lowest BCUT2D eigenvalue weighted by atomic mass is 10.1. The van der Waals surface area contributed by atoms with Gasteiger partial charge in [-0.3, -0.25) is 4.99 Å². The van der Waals surface area contributed by atoms with E-state index in [0.29, 0.717) is 19.1 Å². The van der Waals surface area contributed by atoms with Gasteiger partial charge in [0.05, 0.1) is 24.4 Å². The Labute approximate surface area is 141 Å². The highest BCUT2D eigenvalue weighted by Gasteiger charge is 2.23. The lowest BCUT2D eigenvalue weighted by Gasteiger charge is -2.32. The summed E-state index contributed by atoms with van der Waals surface area (Å²) in [5.41, 5.74) is 1.07. The molecule has 1 aliphatic heterocycles. The van der Waals surface area contributed by atoms with E-state index < -0.39 is 0 Å². The molecule has 0 unspecified atom stereocenters. The number of nitrogens with one attached hydrogen (secondary N) is 2. The molecule has 2 N–H and O–H groups in total. The van der Waals surface area contributed by atoms with Gasteiger partial charge in [-0.15, -0.1) is 11.3 Å². The fourth-order valence-corrected chi connectivity index (χ4v) is 3.50. The Morgan fingerprint density at radius 3 is 2.65 bits per heavy atom. The Morgan fingerprint density at radius 2 is 2.13 bits per heavy atom. The molecule has 1 saturated heterocycles. The minimum atomic E-state index is -0.248. The van der Waals surface area contributed by atoms with E-state index in [-0.39, 0.29) is 6.09 Å². The van der Waals surface area contributed by atoms with Gasteiger partial charge in [0, 0.05) is 31.1 Å². The maximum absolute atomic E-state index is 11.5. The van der Waals surface area contributed by atoms with Crippen LogP contribution >= 0.6 is 11.3 Å². The summed E-state index contributed by atoms with van der Waals surface area (Å²) >= 11 is 1.70. The summed E-state index contributed by atoms with van der Waals surface area (Å²) in [4.78, 5) is 23.2. The van der Waals surface area contributed by atoms with Crippen LogP contribution in [-0.2, 0) is 11.3 Å². The number of nitrogens with zero attached hydrogens (tertiary/aromatic N) is 3. The third-order valence-corrected chi connectivity index (χ3v) is 4.98. The fraction of sp³-hybridized carbons (Fsp3) is 0.667. The average Bonchev–Trinajstić information content (AvgIpc) is 2.88. The van der Waals surface area contributed by atoms with Crippen LogP contribution in [0.1, 0.15) is 28.4 Å². The van der Waals surface area contributed by atoms with Crippen molar-refractivity contribution in [2.75, 3.05) is 27.2 Å². The summed E-state index contributed by atoms with van der Waals surface area (Å²) < 4.78 is 4.75. The number of aromatic nitrogens is 1. The molecule has 128 valence electrons. The van der Waals surface area contributed by atoms with Crippen molar-refractivity contribution in [1.29, 1.82) is 0 Å². The van der Waals surface area contributed by atoms with Crippen LogP contribution in [0.5, 0.6) is 0 Å². The number of thiazole rings is 1. The normalized spacial score (nSPS) is 16.3. The molecule has 2 rings (SSSR count). The predicted molar refractivity (Wildman–Crippen MR) is 91.9 cm³/mol. The van der Waals surface area contributed by atoms with E-state index in [0.717, 1.165) is 36.0 Å². The number of hydrogen-bond acceptors (Lipinski definition) is 5. The predicted octanol–water partition coefficient (Wildman–Crippen LogP) is 1.66. The first-order chi connectivity index (χ1) is 11.0. The Kier molecular flexibility index (Phi) is 6.20. The number of amides is 1. The number of methoxy groups -OCH3 is 1. The maximum Gasteiger partial charge on any atom is 0.409 e. The van der Waals surface area contributed by atoms with E-state index in [9.17, 15) is 4.79 Å². The smallest absolute Gasteiger partial charge is 0.409 e. The Bertz CT molecular complexity index is 564. The van der Waals surface area contributed by atoms with E-state index >= 15 is 0 Å². The molecule has 0 bridgehead atoms. The standard InChI is InChI=1S/C15H25N5O2S/c1-10-13(23-11(2)18-10)9-17-14(16-3)19-12-5-7-20(8-6-12)15(21)22-4/h12H,5-9H2,1-4H3,(H2,16,17,19). The van der Waals surface area contributed by atoms with E-state index in [1.165, 1.54) is 12.0 Å². The third-order valence-electron chi connectivity index (χ3n) is 3.91. The van der Waals surface area contributed by atoms with Crippen molar-refractivity contribution in [3.05, 3.63) is 15.6 Å². The third kappa shape index (κ3) is 4.82. The number of carbonyl (C=O) groups is 1. The maximum atomic E-state index is 11.5. The van der Waals surface area contributed by atoms with Gasteiger partial charge in [0.15, 0.2) is 5.96 Å². The zero-order valence-electron chi connectivity index (χ0n) is 14.2. The van der Waals surface area contributed by atoms with Gasteiger partial charge in [0.1, 0.15) is 0 Å². The van der Waals surface area contributed by atoms with Crippen molar-refractivity contribution in [2.45, 2.75) is 39.3 Å². The van der Waals surface area contributed by atoms with Crippen molar-refractivity contribution < 1.29 is 9.53 Å². The molecular formula is C15H25N5O2S. The lowest BCUT2D eigenvalue weighted by molar-refractivity contribution is 0.111. The van der Waals surface area contributed by atoms with Crippen LogP contribution in [0.2, 0.25) is 0 Å². The summed E-state index contributed by atoms with van der Waals surface area (Å²) in [6.07, 6.45) is 1.52. The van der Waals surface area contributed by atoms with Gasteiger partial charge in [0.2, 0.25) is 0 Å². The highest BCUT2D eigenvalue weighted by Crippen LogP contribution is 2.16. The van der Waals surface area contributed by atoms with Crippen molar-refractivity contribution in [1.82, 2.24) is 20.5 Å². The quantitative estimate of drug-likeness (QED) is 0.647. The van der Waals surface area contributed by atoms with Crippen LogP contribution in [0.25, 0.3) is 0 Å². The lowest BCUT2D eigenvalue weighted by Crippen LogP contribution is -2.49. The number of likely N-dealkylation sites (tertiary alicyclic amines) is 1. The molecule has 0 atom stereocenters. The zero-order valence-corrected chi connectivity index (χ0v) is 15.0. The van der Waals surface area contributed by atoms with Crippen LogP contribution in [0, 0.1) is 13.8 Å². The molecule has 8 heteroatoms. The molecule has 2 heterocycles. The number of piperidine rings is 1. The molecule has 0 aliphatic carbocycles. The number of hydrogen-bond donors (Lipinski definition) is 2. The molecular weight excluding hydrogens is 314 g/mol. The molecule has 1 aromatic rings. The minimum Gasteiger partial charge on any atom is -0.453 e. The number of aliphatic imine (C=N–C) groups is 1. The molecule has 0 saturated carbocycles.